The minimum absolute atomic E-state index is 0. The summed E-state index contributed by atoms with van der Waals surface area (Å²) in [5, 5.41) is 36.5. The Labute approximate surface area is 399 Å². The van der Waals surface area contributed by atoms with Crippen molar-refractivity contribution in [2.24, 2.45) is 0 Å². The van der Waals surface area contributed by atoms with Crippen LogP contribution < -0.4 is 0 Å². The first-order valence-electron chi connectivity index (χ1n) is 12.3. The summed E-state index contributed by atoms with van der Waals surface area (Å²) < 4.78 is 57.2. The second-order valence-corrected chi connectivity index (χ2v) is 10.7. The summed E-state index contributed by atoms with van der Waals surface area (Å²) in [7, 11) is -7.76. The van der Waals surface area contributed by atoms with Crippen molar-refractivity contribution in [2.75, 3.05) is 0 Å². The molecule has 0 unspecified atom stereocenters. The van der Waals surface area contributed by atoms with Crippen LogP contribution in [0.1, 0.15) is 20.7 Å². The first-order chi connectivity index (χ1) is 21.6. The van der Waals surface area contributed by atoms with Gasteiger partial charge in [0.15, 0.2) is 5.75 Å². The molecule has 0 atom stereocenters. The maximum atomic E-state index is 11.3. The number of carbonyl (C=O) groups excluding carboxylic acids is 2. The maximum absolute atomic E-state index is 11.3. The molecule has 4 radical (unpaired) electrons. The van der Waals surface area contributed by atoms with E-state index in [-0.39, 0.29) is 168 Å². The second-order valence-electron chi connectivity index (χ2n) is 8.84. The molecule has 2 heterocycles. The number of hydrogen-bond donors (Lipinski definition) is 3. The van der Waals surface area contributed by atoms with E-state index in [1.165, 1.54) is 23.0 Å². The number of amides is 2. The number of nitrogens with zero attached hydrogens (tertiary/aromatic N) is 6. The van der Waals surface area contributed by atoms with E-state index in [0.717, 1.165) is 10.9 Å². The normalized spacial score (nSPS) is 9.56. The molecular formula is C28H24N8O10S2Y4-4. The molecule has 0 aliphatic rings. The first-order valence-corrected chi connectivity index (χ1v) is 14.7. The third-order valence-corrected chi connectivity index (χ3v) is 6.68. The molecule has 0 saturated heterocycles. The summed E-state index contributed by atoms with van der Waals surface area (Å²) >= 11 is 0. The van der Waals surface area contributed by atoms with Crippen LogP contribution in [0.25, 0.3) is 44.9 Å². The number of phenolic OH excluding ortho intramolecular Hbond substituents is 2. The summed E-state index contributed by atoms with van der Waals surface area (Å²) in [6.45, 7) is 0. The number of benzene rings is 4. The summed E-state index contributed by atoms with van der Waals surface area (Å²) in [5.41, 5.74) is 16.1. The Kier molecular flexibility index (Phi) is 25.0. The van der Waals surface area contributed by atoms with Gasteiger partial charge in [0.2, 0.25) is 0 Å². The number of hydrogen-bond acceptors (Lipinski definition) is 13. The van der Waals surface area contributed by atoms with Crippen LogP contribution in [0.3, 0.4) is 0 Å². The van der Waals surface area contributed by atoms with Crippen LogP contribution in [-0.2, 0) is 152 Å². The van der Waals surface area contributed by atoms with Crippen LogP contribution in [0.2, 0.25) is 0 Å². The number of nitrogens with one attached hydrogen (secondary N) is 2. The third-order valence-electron chi connectivity index (χ3n) is 5.85. The van der Waals surface area contributed by atoms with E-state index in [0.29, 0.717) is 28.1 Å². The van der Waals surface area contributed by atoms with Gasteiger partial charge in [-0.15, -0.1) is 42.6 Å². The van der Waals surface area contributed by atoms with Crippen molar-refractivity contribution in [3.63, 3.8) is 0 Å². The number of rotatable bonds is 5. The average Bonchev–Trinajstić information content (AvgIpc) is 3.61. The van der Waals surface area contributed by atoms with E-state index < -0.39 is 48.7 Å². The van der Waals surface area contributed by atoms with Gasteiger partial charge in [-0.25, -0.2) is 0 Å². The van der Waals surface area contributed by atoms with Crippen molar-refractivity contribution in [3.05, 3.63) is 116 Å². The van der Waals surface area contributed by atoms with Crippen molar-refractivity contribution in [1.29, 1.82) is 0 Å². The fourth-order valence-corrected chi connectivity index (χ4v) is 4.36. The van der Waals surface area contributed by atoms with Gasteiger partial charge in [-0.05, 0) is 54.6 Å². The van der Waals surface area contributed by atoms with Crippen molar-refractivity contribution < 1.29 is 176 Å². The standard InChI is InChI=1S/C13H10N4O5S.C13H10N4O2.2CH3.O3S.4Y/c14-13(19)8-5-7(23(20,21)22)6-11(12(8)18)17-15-9-3-1-2-4-10(9)16-17;14-13(19)8-5-6-12(18)11(7-8)17-15-9-3-1-2-4-10(9)16-17;;;1-4(2)3;;;;/h1-6H,(H4,14,18,19,20,21,22);1-7H,(H3,14,18,19);2*1H3;;;;;/q;;2*-1;;;;;/p-2. The van der Waals surface area contributed by atoms with Gasteiger partial charge in [-0.1, -0.05) is 24.3 Å². The predicted octanol–water partition coefficient (Wildman–Crippen LogP) is 3.77. The van der Waals surface area contributed by atoms with Gasteiger partial charge < -0.3 is 46.1 Å². The van der Waals surface area contributed by atoms with E-state index in [2.05, 4.69) is 20.4 Å². The van der Waals surface area contributed by atoms with Gasteiger partial charge in [0.05, 0.1) is 16.7 Å². The Morgan fingerprint density at radius 3 is 1.37 bits per heavy atom. The van der Waals surface area contributed by atoms with Crippen LogP contribution in [0.4, 0.5) is 0 Å². The van der Waals surface area contributed by atoms with Crippen molar-refractivity contribution in [2.45, 2.75) is 4.90 Å². The fraction of sp³-hybridized carbons (Fsp3) is 0. The monoisotopic (exact) mass is 1050 g/mol. The molecule has 0 aliphatic carbocycles. The molecule has 0 spiro atoms. The molecule has 2 amide bonds. The maximum Gasteiger partial charge on any atom is 0.425 e. The van der Waals surface area contributed by atoms with Gasteiger partial charge in [0.25, 0.3) is 10.1 Å². The summed E-state index contributed by atoms with van der Waals surface area (Å²) in [4.78, 5) is 23.9. The van der Waals surface area contributed by atoms with E-state index >= 15 is 0 Å². The van der Waals surface area contributed by atoms with Crippen LogP contribution >= 0.6 is 0 Å². The molecule has 0 aliphatic heterocycles. The molecule has 2 aromatic heterocycles. The quantitative estimate of drug-likeness (QED) is 0.164. The van der Waals surface area contributed by atoms with Gasteiger partial charge in [0, 0.05) is 142 Å². The number of aromatic nitrogens is 6. The van der Waals surface area contributed by atoms with E-state index in [4.69, 9.17) is 28.6 Å². The minimum Gasteiger partial charge on any atom is -0.664 e. The summed E-state index contributed by atoms with van der Waals surface area (Å²) in [6.07, 6.45) is 0. The van der Waals surface area contributed by atoms with Crippen molar-refractivity contribution in [3.8, 4) is 22.9 Å². The van der Waals surface area contributed by atoms with E-state index in [9.17, 15) is 28.2 Å². The number of aromatic hydroxyl groups is 2. The summed E-state index contributed by atoms with van der Waals surface area (Å²) in [5.74, 6) is -2.84. The van der Waals surface area contributed by atoms with Gasteiger partial charge in [-0.2, -0.15) is 8.42 Å². The first kappa shape index (κ1) is 54.5. The third kappa shape index (κ3) is 14.1. The molecule has 0 bridgehead atoms. The van der Waals surface area contributed by atoms with E-state index in [1.807, 2.05) is 12.1 Å². The van der Waals surface area contributed by atoms with Gasteiger partial charge in [-0.3, -0.25) is 4.55 Å². The smallest absolute Gasteiger partial charge is 0.425 e. The Hall–Kier alpha value is -1.83. The molecule has 0 saturated carbocycles. The molecule has 52 heavy (non-hydrogen) atoms. The van der Waals surface area contributed by atoms with Crippen LogP contribution in [0.5, 0.6) is 11.5 Å². The van der Waals surface area contributed by atoms with Gasteiger partial charge >= 0.3 is 10.6 Å². The van der Waals surface area contributed by atoms with Crippen molar-refractivity contribution >= 4 is 54.6 Å². The fourth-order valence-electron chi connectivity index (χ4n) is 3.83. The second kappa shape index (κ2) is 23.8. The van der Waals surface area contributed by atoms with Crippen LogP contribution in [-0.4, -0.2) is 77.6 Å². The molecule has 24 heteroatoms. The Morgan fingerprint density at radius 1 is 0.635 bits per heavy atom. The predicted molar refractivity (Wildman–Crippen MR) is 171 cm³/mol. The van der Waals surface area contributed by atoms with Crippen LogP contribution in [0.15, 0.2) is 83.8 Å². The number of fused-ring (bicyclic) bond motifs is 2. The molecule has 264 valence electrons. The molecule has 4 aromatic carbocycles. The molecular weight excluding hydrogens is 1030 g/mol. The number of phenols is 2. The van der Waals surface area contributed by atoms with E-state index in [1.54, 1.807) is 36.4 Å². The zero-order valence-electron chi connectivity index (χ0n) is 27.0. The zero-order valence-corrected chi connectivity index (χ0v) is 40.0. The molecule has 6 rings (SSSR count). The molecule has 5 N–H and O–H groups in total. The number of carbonyl (C=O) groups is 2. The SMILES string of the molecule is O=S(=O)=O.[CH3-].[CH3-].[NH-]C(=O)c1cc(S(=O)(=O)O)cc(-n2nc3ccccc3n2)c1O.[NH-]C(=O)c1ccc(O)c(-n2nc3ccccc3n2)c1.[Y].[Y].[Y].[Y]. The summed E-state index contributed by atoms with van der Waals surface area (Å²) in [6, 6.07) is 19.8. The van der Waals surface area contributed by atoms with Gasteiger partial charge in [0.1, 0.15) is 39.2 Å². The Bertz CT molecular complexity index is 2310. The zero-order chi connectivity index (χ0) is 33.8. The largest absolute Gasteiger partial charge is 0.664 e. The van der Waals surface area contributed by atoms with Crippen LogP contribution in [0, 0.1) is 14.9 Å². The Balaban J connectivity index is -0.000000765. The average molecular weight is 1050 g/mol. The van der Waals surface area contributed by atoms with Crippen molar-refractivity contribution in [1.82, 2.24) is 30.0 Å². The molecule has 6 aromatic rings. The minimum atomic E-state index is -4.65. The molecule has 0 fully saturated rings. The topological polar surface area (TPSA) is 289 Å². The Morgan fingerprint density at radius 2 is 1.02 bits per heavy atom. The molecule has 18 nitrogen and oxygen atoms in total.